The molecular weight excluding hydrogens is 248 g/mol. The second-order valence-electron chi connectivity index (χ2n) is 4.95. The third-order valence-corrected chi connectivity index (χ3v) is 3.83. The quantitative estimate of drug-likeness (QED) is 0.770. The van der Waals surface area contributed by atoms with Gasteiger partial charge in [0.15, 0.2) is 5.58 Å². The zero-order valence-corrected chi connectivity index (χ0v) is 10.4. The minimum Gasteiger partial charge on any atom is -0.481 e. The molecule has 6 nitrogen and oxygen atoms in total. The summed E-state index contributed by atoms with van der Waals surface area (Å²) in [5.74, 6) is -1.29. The van der Waals surface area contributed by atoms with Gasteiger partial charge in [-0.2, -0.15) is 0 Å². The van der Waals surface area contributed by atoms with E-state index in [1.54, 1.807) is 25.2 Å². The van der Waals surface area contributed by atoms with E-state index in [1.165, 1.54) is 0 Å². The van der Waals surface area contributed by atoms with Crippen molar-refractivity contribution < 1.29 is 14.3 Å². The number of carboxylic acids is 1. The molecule has 0 spiro atoms. The van der Waals surface area contributed by atoms with Gasteiger partial charge < -0.3 is 14.8 Å². The summed E-state index contributed by atoms with van der Waals surface area (Å²) in [4.78, 5) is 25.1. The van der Waals surface area contributed by atoms with Crippen molar-refractivity contribution in [2.24, 2.45) is 5.41 Å². The van der Waals surface area contributed by atoms with Gasteiger partial charge >= 0.3 is 11.7 Å². The number of oxazole rings is 1. The Hall–Kier alpha value is -2.08. The van der Waals surface area contributed by atoms with Crippen LogP contribution in [0.5, 0.6) is 0 Å². The fourth-order valence-electron chi connectivity index (χ4n) is 2.67. The normalized spacial score (nSPS) is 18.4. The third-order valence-electron chi connectivity index (χ3n) is 3.83. The molecule has 3 rings (SSSR count). The Morgan fingerprint density at radius 3 is 2.84 bits per heavy atom. The molecule has 6 heteroatoms. The molecule has 1 heterocycles. The first kappa shape index (κ1) is 12.0. The number of aromatic amines is 1. The Kier molecular flexibility index (Phi) is 2.50. The van der Waals surface area contributed by atoms with Crippen molar-refractivity contribution in [1.29, 1.82) is 0 Å². The number of nitrogens with one attached hydrogen (secondary N) is 2. The lowest BCUT2D eigenvalue weighted by Gasteiger charge is -2.23. The Morgan fingerprint density at radius 1 is 1.53 bits per heavy atom. The van der Waals surface area contributed by atoms with Crippen LogP contribution in [0.25, 0.3) is 11.1 Å². The molecule has 1 saturated carbocycles. The van der Waals surface area contributed by atoms with Gasteiger partial charge in [-0.3, -0.25) is 9.78 Å². The number of fused-ring (bicyclic) bond motifs is 1. The van der Waals surface area contributed by atoms with Crippen LogP contribution < -0.4 is 11.1 Å². The highest BCUT2D eigenvalue weighted by molar-refractivity contribution is 5.80. The van der Waals surface area contributed by atoms with E-state index in [4.69, 9.17) is 4.42 Å². The van der Waals surface area contributed by atoms with Gasteiger partial charge in [-0.25, -0.2) is 4.79 Å². The average molecular weight is 262 g/mol. The maximum absolute atomic E-state index is 11.4. The molecule has 1 aliphatic carbocycles. The topological polar surface area (TPSA) is 95.3 Å². The lowest BCUT2D eigenvalue weighted by atomic mass is 9.90. The molecule has 0 aliphatic heterocycles. The second kappa shape index (κ2) is 3.96. The van der Waals surface area contributed by atoms with E-state index in [-0.39, 0.29) is 6.04 Å². The highest BCUT2D eigenvalue weighted by Gasteiger charge is 2.56. The van der Waals surface area contributed by atoms with Gasteiger partial charge in [0, 0.05) is 6.04 Å². The molecule has 1 aliphatic rings. The van der Waals surface area contributed by atoms with Crippen LogP contribution in [0.2, 0.25) is 0 Å². The van der Waals surface area contributed by atoms with E-state index in [1.807, 2.05) is 0 Å². The molecule has 1 aromatic carbocycles. The lowest BCUT2D eigenvalue weighted by Crippen LogP contribution is -2.32. The SMILES string of the molecule is CNC(c1ccc2oc(=O)[nH]c2c1)C1(C(=O)O)CC1. The van der Waals surface area contributed by atoms with Crippen molar-refractivity contribution in [3.8, 4) is 0 Å². The van der Waals surface area contributed by atoms with Gasteiger partial charge in [0.1, 0.15) is 0 Å². The highest BCUT2D eigenvalue weighted by Crippen LogP contribution is 2.55. The maximum Gasteiger partial charge on any atom is 0.417 e. The summed E-state index contributed by atoms with van der Waals surface area (Å²) >= 11 is 0. The predicted molar refractivity (Wildman–Crippen MR) is 67.9 cm³/mol. The number of carbonyl (C=O) groups is 1. The summed E-state index contributed by atoms with van der Waals surface area (Å²) in [5, 5.41) is 12.4. The molecule has 1 aromatic heterocycles. The standard InChI is InChI=1S/C13H14N2O4/c1-14-10(13(4-5-13)11(16)17)7-2-3-9-8(6-7)15-12(18)19-9/h2-3,6,10,14H,4-5H2,1H3,(H,15,18)(H,16,17). The van der Waals surface area contributed by atoms with Gasteiger partial charge in [-0.1, -0.05) is 6.07 Å². The van der Waals surface area contributed by atoms with Crippen molar-refractivity contribution in [1.82, 2.24) is 10.3 Å². The number of carboxylic acid groups (broad SMARTS) is 1. The van der Waals surface area contributed by atoms with E-state index >= 15 is 0 Å². The summed E-state index contributed by atoms with van der Waals surface area (Å²) in [6.45, 7) is 0. The van der Waals surface area contributed by atoms with Crippen LogP contribution in [-0.2, 0) is 4.79 Å². The Balaban J connectivity index is 2.06. The molecule has 1 unspecified atom stereocenters. The zero-order valence-electron chi connectivity index (χ0n) is 10.4. The van der Waals surface area contributed by atoms with Crippen LogP contribution in [0.15, 0.2) is 27.4 Å². The van der Waals surface area contributed by atoms with Gasteiger partial charge in [0.2, 0.25) is 0 Å². The lowest BCUT2D eigenvalue weighted by molar-refractivity contribution is -0.144. The second-order valence-corrected chi connectivity index (χ2v) is 4.95. The summed E-state index contributed by atoms with van der Waals surface area (Å²) in [5.41, 5.74) is 1.17. The van der Waals surface area contributed by atoms with Gasteiger partial charge in [0.25, 0.3) is 0 Å². The zero-order chi connectivity index (χ0) is 13.6. The first-order chi connectivity index (χ1) is 9.06. The smallest absolute Gasteiger partial charge is 0.417 e. The summed E-state index contributed by atoms with van der Waals surface area (Å²) in [7, 11) is 1.75. The summed E-state index contributed by atoms with van der Waals surface area (Å²) < 4.78 is 4.94. The minimum absolute atomic E-state index is 0.271. The highest BCUT2D eigenvalue weighted by atomic mass is 16.4. The number of aromatic nitrogens is 1. The molecular formula is C13H14N2O4. The largest absolute Gasteiger partial charge is 0.481 e. The first-order valence-corrected chi connectivity index (χ1v) is 6.10. The first-order valence-electron chi connectivity index (χ1n) is 6.10. The van der Waals surface area contributed by atoms with Crippen molar-refractivity contribution in [2.75, 3.05) is 7.05 Å². The minimum atomic E-state index is -0.785. The van der Waals surface area contributed by atoms with Crippen molar-refractivity contribution in [3.05, 3.63) is 34.3 Å². The maximum atomic E-state index is 11.4. The molecule has 1 fully saturated rings. The van der Waals surface area contributed by atoms with Gasteiger partial charge in [0.05, 0.1) is 10.9 Å². The van der Waals surface area contributed by atoms with E-state index < -0.39 is 17.1 Å². The fourth-order valence-corrected chi connectivity index (χ4v) is 2.67. The van der Waals surface area contributed by atoms with E-state index in [2.05, 4.69) is 10.3 Å². The molecule has 19 heavy (non-hydrogen) atoms. The Morgan fingerprint density at radius 2 is 2.26 bits per heavy atom. The Labute approximate surface area is 108 Å². The molecule has 1 atom stereocenters. The monoisotopic (exact) mass is 262 g/mol. The molecule has 0 bridgehead atoms. The number of hydrogen-bond acceptors (Lipinski definition) is 4. The molecule has 0 saturated heterocycles. The Bertz CT molecular complexity index is 696. The number of rotatable bonds is 4. The van der Waals surface area contributed by atoms with Crippen LogP contribution in [0, 0.1) is 5.41 Å². The van der Waals surface area contributed by atoms with E-state index in [9.17, 15) is 14.7 Å². The van der Waals surface area contributed by atoms with Gasteiger partial charge in [-0.05, 0) is 37.6 Å². The van der Waals surface area contributed by atoms with Crippen molar-refractivity contribution in [2.45, 2.75) is 18.9 Å². The number of hydrogen-bond donors (Lipinski definition) is 3. The fraction of sp³-hybridized carbons (Fsp3) is 0.385. The van der Waals surface area contributed by atoms with E-state index in [0.29, 0.717) is 23.9 Å². The van der Waals surface area contributed by atoms with Crippen molar-refractivity contribution in [3.63, 3.8) is 0 Å². The van der Waals surface area contributed by atoms with Crippen molar-refractivity contribution >= 4 is 17.1 Å². The van der Waals surface area contributed by atoms with E-state index in [0.717, 1.165) is 5.56 Å². The van der Waals surface area contributed by atoms with Crippen LogP contribution in [0.1, 0.15) is 24.4 Å². The average Bonchev–Trinajstić information content (AvgIpc) is 3.07. The molecule has 3 N–H and O–H groups in total. The summed E-state index contributed by atoms with van der Waals surface area (Å²) in [6.07, 6.45) is 1.32. The van der Waals surface area contributed by atoms with Crippen LogP contribution >= 0.6 is 0 Å². The summed E-state index contributed by atoms with van der Waals surface area (Å²) in [6, 6.07) is 4.98. The molecule has 0 amide bonds. The number of benzene rings is 1. The van der Waals surface area contributed by atoms with Crippen LogP contribution in [0.4, 0.5) is 0 Å². The molecule has 0 radical (unpaired) electrons. The number of H-pyrrole nitrogens is 1. The van der Waals surface area contributed by atoms with Crippen LogP contribution in [0.3, 0.4) is 0 Å². The molecule has 100 valence electrons. The van der Waals surface area contributed by atoms with Gasteiger partial charge in [-0.15, -0.1) is 0 Å². The third kappa shape index (κ3) is 1.76. The predicted octanol–water partition coefficient (Wildman–Crippen LogP) is 1.25. The number of aliphatic carboxylic acids is 1. The molecule has 2 aromatic rings. The van der Waals surface area contributed by atoms with Crippen LogP contribution in [-0.4, -0.2) is 23.1 Å².